The maximum Gasteiger partial charge on any atom is 0.232 e. The Morgan fingerprint density at radius 3 is 2.06 bits per heavy atom. The Kier molecular flexibility index (Phi) is 3.28. The van der Waals surface area contributed by atoms with Gasteiger partial charge in [-0.1, -0.05) is 30.3 Å². The second kappa shape index (κ2) is 4.87. The molecule has 1 aliphatic rings. The summed E-state index contributed by atoms with van der Waals surface area (Å²) < 4.78 is 9.87. The van der Waals surface area contributed by atoms with Gasteiger partial charge in [-0.2, -0.15) is 0 Å². The fourth-order valence-corrected chi connectivity index (χ4v) is 1.81. The highest BCUT2D eigenvalue weighted by molar-refractivity contribution is 6.36. The molecule has 1 aromatic carbocycles. The lowest BCUT2D eigenvalue weighted by atomic mass is 9.94. The molecule has 0 atom stereocenters. The van der Waals surface area contributed by atoms with Crippen molar-refractivity contribution in [1.82, 2.24) is 0 Å². The van der Waals surface area contributed by atoms with Crippen LogP contribution in [0.1, 0.15) is 5.56 Å². The first-order valence-electron chi connectivity index (χ1n) is 5.37. The van der Waals surface area contributed by atoms with Crippen LogP contribution < -0.4 is 0 Å². The maximum atomic E-state index is 12.2. The number of carbonyl (C=O) groups excluding carboxylic acids is 2. The van der Waals surface area contributed by atoms with Gasteiger partial charge in [-0.15, -0.1) is 0 Å². The van der Waals surface area contributed by atoms with E-state index in [1.165, 1.54) is 20.3 Å². The molecule has 0 saturated heterocycles. The summed E-state index contributed by atoms with van der Waals surface area (Å²) in [4.78, 5) is 24.0. The van der Waals surface area contributed by atoms with Crippen LogP contribution in [0.2, 0.25) is 0 Å². The van der Waals surface area contributed by atoms with Gasteiger partial charge in [0.05, 0.1) is 14.2 Å². The minimum Gasteiger partial charge on any atom is -0.490 e. The molecule has 0 aromatic heterocycles. The zero-order valence-corrected chi connectivity index (χ0v) is 10.1. The number of ketones is 2. The van der Waals surface area contributed by atoms with E-state index in [0.29, 0.717) is 11.1 Å². The molecule has 0 bridgehead atoms. The van der Waals surface area contributed by atoms with Crippen molar-refractivity contribution in [3.05, 3.63) is 53.5 Å². The van der Waals surface area contributed by atoms with Crippen LogP contribution in [-0.2, 0) is 19.1 Å². The van der Waals surface area contributed by atoms with Crippen molar-refractivity contribution in [3.63, 3.8) is 0 Å². The lowest BCUT2D eigenvalue weighted by molar-refractivity contribution is -0.119. The largest absolute Gasteiger partial charge is 0.490 e. The van der Waals surface area contributed by atoms with Crippen LogP contribution in [0.3, 0.4) is 0 Å². The fraction of sp³-hybridized carbons (Fsp3) is 0.143. The van der Waals surface area contributed by atoms with Gasteiger partial charge in [0.25, 0.3) is 0 Å². The van der Waals surface area contributed by atoms with Crippen molar-refractivity contribution in [3.8, 4) is 0 Å². The van der Waals surface area contributed by atoms with Crippen LogP contribution in [0.4, 0.5) is 0 Å². The summed E-state index contributed by atoms with van der Waals surface area (Å²) >= 11 is 0. The van der Waals surface area contributed by atoms with Crippen molar-refractivity contribution in [1.29, 1.82) is 0 Å². The molecule has 0 heterocycles. The van der Waals surface area contributed by atoms with Gasteiger partial charge in [0.1, 0.15) is 0 Å². The molecule has 4 nitrogen and oxygen atoms in total. The van der Waals surface area contributed by atoms with Gasteiger partial charge in [-0.25, -0.2) is 0 Å². The second-order valence-electron chi connectivity index (χ2n) is 3.68. The van der Waals surface area contributed by atoms with Crippen LogP contribution in [0.15, 0.2) is 47.9 Å². The molecule has 0 aliphatic heterocycles. The van der Waals surface area contributed by atoms with Crippen LogP contribution in [0, 0.1) is 0 Å². The molecule has 0 radical (unpaired) electrons. The van der Waals surface area contributed by atoms with E-state index in [-0.39, 0.29) is 23.1 Å². The number of hydrogen-bond acceptors (Lipinski definition) is 4. The van der Waals surface area contributed by atoms with Crippen LogP contribution in [0.5, 0.6) is 0 Å². The molecular formula is C14H12O4. The van der Waals surface area contributed by atoms with Crippen LogP contribution in [0.25, 0.3) is 5.57 Å². The summed E-state index contributed by atoms with van der Waals surface area (Å²) in [6, 6.07) is 8.98. The quantitative estimate of drug-likeness (QED) is 0.760. The van der Waals surface area contributed by atoms with E-state index < -0.39 is 0 Å². The Hall–Kier alpha value is -2.36. The number of benzene rings is 1. The lowest BCUT2D eigenvalue weighted by Crippen LogP contribution is -2.20. The zero-order chi connectivity index (χ0) is 13.1. The van der Waals surface area contributed by atoms with E-state index in [1.54, 1.807) is 24.3 Å². The number of hydrogen-bond donors (Lipinski definition) is 0. The van der Waals surface area contributed by atoms with Gasteiger partial charge in [0.15, 0.2) is 0 Å². The highest BCUT2D eigenvalue weighted by Crippen LogP contribution is 2.26. The molecule has 0 fully saturated rings. The smallest absolute Gasteiger partial charge is 0.232 e. The summed E-state index contributed by atoms with van der Waals surface area (Å²) in [5.74, 6) is -0.820. The predicted molar refractivity (Wildman–Crippen MR) is 65.5 cm³/mol. The van der Waals surface area contributed by atoms with Gasteiger partial charge >= 0.3 is 0 Å². The first-order chi connectivity index (χ1) is 8.69. The first kappa shape index (κ1) is 12.1. The third kappa shape index (κ3) is 1.93. The standard InChI is InChI=1S/C14H12O4/c1-17-13-11(15)8-10(12(16)14(13)18-2)9-6-4-3-5-7-9/h3-8H,1-2H3. The van der Waals surface area contributed by atoms with Crippen molar-refractivity contribution < 1.29 is 19.1 Å². The summed E-state index contributed by atoms with van der Waals surface area (Å²) in [5.41, 5.74) is 0.999. The molecule has 0 spiro atoms. The SMILES string of the molecule is COC1=C(OC)C(=O)C(c2ccccc2)=CC1=O. The number of carbonyl (C=O) groups is 2. The molecule has 0 N–H and O–H groups in total. The summed E-state index contributed by atoms with van der Waals surface area (Å²) in [6.45, 7) is 0. The molecule has 1 aromatic rings. The van der Waals surface area contributed by atoms with E-state index in [2.05, 4.69) is 0 Å². The van der Waals surface area contributed by atoms with Gasteiger partial charge < -0.3 is 9.47 Å². The molecule has 4 heteroatoms. The lowest BCUT2D eigenvalue weighted by Gasteiger charge is -2.16. The molecule has 0 unspecified atom stereocenters. The van der Waals surface area contributed by atoms with E-state index in [1.807, 2.05) is 6.07 Å². The Labute approximate surface area is 105 Å². The fourth-order valence-electron chi connectivity index (χ4n) is 1.81. The number of methoxy groups -OCH3 is 2. The van der Waals surface area contributed by atoms with Crippen molar-refractivity contribution in [2.75, 3.05) is 14.2 Å². The monoisotopic (exact) mass is 244 g/mol. The van der Waals surface area contributed by atoms with Crippen molar-refractivity contribution in [2.45, 2.75) is 0 Å². The zero-order valence-electron chi connectivity index (χ0n) is 10.1. The van der Waals surface area contributed by atoms with E-state index in [9.17, 15) is 9.59 Å². The van der Waals surface area contributed by atoms with Gasteiger partial charge in [0, 0.05) is 11.6 Å². The van der Waals surface area contributed by atoms with Crippen molar-refractivity contribution in [2.24, 2.45) is 0 Å². The topological polar surface area (TPSA) is 52.6 Å². The number of ether oxygens (including phenoxy) is 2. The van der Waals surface area contributed by atoms with E-state index in [0.717, 1.165) is 0 Å². The molecule has 92 valence electrons. The second-order valence-corrected chi connectivity index (χ2v) is 3.68. The number of allylic oxidation sites excluding steroid dienone is 2. The van der Waals surface area contributed by atoms with Crippen molar-refractivity contribution >= 4 is 17.1 Å². The minimum atomic E-state index is -0.368. The summed E-state index contributed by atoms with van der Waals surface area (Å²) in [5, 5.41) is 0. The van der Waals surface area contributed by atoms with E-state index >= 15 is 0 Å². The Morgan fingerprint density at radius 2 is 1.50 bits per heavy atom. The Morgan fingerprint density at radius 1 is 0.889 bits per heavy atom. The highest BCUT2D eigenvalue weighted by Gasteiger charge is 2.31. The van der Waals surface area contributed by atoms with Gasteiger partial charge in [0.2, 0.25) is 23.1 Å². The highest BCUT2D eigenvalue weighted by atomic mass is 16.5. The third-order valence-electron chi connectivity index (χ3n) is 2.65. The molecule has 2 rings (SSSR count). The average molecular weight is 244 g/mol. The Balaban J connectivity index is 2.49. The normalized spacial score (nSPS) is 15.6. The predicted octanol–water partition coefficient (Wildman–Crippen LogP) is 1.73. The van der Waals surface area contributed by atoms with Gasteiger partial charge in [-0.3, -0.25) is 9.59 Å². The Bertz CT molecular complexity index is 552. The molecule has 18 heavy (non-hydrogen) atoms. The average Bonchev–Trinajstić information content (AvgIpc) is 2.41. The van der Waals surface area contributed by atoms with E-state index in [4.69, 9.17) is 9.47 Å². The summed E-state index contributed by atoms with van der Waals surface area (Å²) in [6.07, 6.45) is 1.28. The molecule has 0 amide bonds. The number of rotatable bonds is 3. The van der Waals surface area contributed by atoms with Crippen LogP contribution >= 0.6 is 0 Å². The maximum absolute atomic E-state index is 12.2. The molecular weight excluding hydrogens is 232 g/mol. The summed E-state index contributed by atoms with van der Waals surface area (Å²) in [7, 11) is 2.67. The first-order valence-corrected chi connectivity index (χ1v) is 5.37. The minimum absolute atomic E-state index is 0.0520. The number of Topliss-reactive ketones (excluding diaryl/α,β-unsaturated/α-hetero) is 1. The molecule has 1 aliphatic carbocycles. The third-order valence-corrected chi connectivity index (χ3v) is 2.65. The van der Waals surface area contributed by atoms with Crippen LogP contribution in [-0.4, -0.2) is 25.8 Å². The van der Waals surface area contributed by atoms with Gasteiger partial charge in [-0.05, 0) is 5.56 Å². The molecule has 0 saturated carbocycles.